The number of nitrogens with zero attached hydrogens (tertiary/aromatic N) is 1. The van der Waals surface area contributed by atoms with Gasteiger partial charge in [0.25, 0.3) is 5.91 Å². The Labute approximate surface area is 143 Å². The Morgan fingerprint density at radius 3 is 2.46 bits per heavy atom. The van der Waals surface area contributed by atoms with Crippen molar-refractivity contribution in [3.05, 3.63) is 46.8 Å². The van der Waals surface area contributed by atoms with Crippen molar-refractivity contribution in [2.24, 2.45) is 16.5 Å². The standard InChI is InChI=1S/C16H18N4O3S/c17-16(18)20-9-10-1-3-11(4-2-10)12-5-6-13(24-12)15(23)19-8-7-14(21)22/h1-6H,7-9H2,(H,19,23)(H,21,22)(H4,17,18,20). The predicted octanol–water partition coefficient (Wildman–Crippen LogP) is 1.39. The summed E-state index contributed by atoms with van der Waals surface area (Å²) in [5.41, 5.74) is 12.6. The lowest BCUT2D eigenvalue weighted by Crippen LogP contribution is -2.25. The van der Waals surface area contributed by atoms with Gasteiger partial charge in [0.2, 0.25) is 0 Å². The summed E-state index contributed by atoms with van der Waals surface area (Å²) in [5, 5.41) is 11.2. The first-order valence-electron chi connectivity index (χ1n) is 7.20. The topological polar surface area (TPSA) is 131 Å². The van der Waals surface area contributed by atoms with Gasteiger partial charge in [-0.1, -0.05) is 24.3 Å². The molecule has 1 heterocycles. The SMILES string of the molecule is NC(N)=NCc1ccc(-c2ccc(C(=O)NCCC(=O)O)s2)cc1. The second kappa shape index (κ2) is 8.11. The molecule has 0 atom stereocenters. The molecule has 0 bridgehead atoms. The molecule has 2 rings (SSSR count). The van der Waals surface area contributed by atoms with Gasteiger partial charge in [-0.05, 0) is 23.3 Å². The average molecular weight is 346 g/mol. The van der Waals surface area contributed by atoms with Crippen LogP contribution in [0.15, 0.2) is 41.4 Å². The van der Waals surface area contributed by atoms with Gasteiger partial charge in [-0.15, -0.1) is 11.3 Å². The van der Waals surface area contributed by atoms with Gasteiger partial charge in [-0.25, -0.2) is 4.99 Å². The number of hydrogen-bond donors (Lipinski definition) is 4. The van der Waals surface area contributed by atoms with Crippen LogP contribution in [0.2, 0.25) is 0 Å². The summed E-state index contributed by atoms with van der Waals surface area (Å²) in [6.45, 7) is 0.533. The number of guanidine groups is 1. The van der Waals surface area contributed by atoms with E-state index in [-0.39, 0.29) is 24.8 Å². The molecule has 126 valence electrons. The summed E-state index contributed by atoms with van der Waals surface area (Å²) >= 11 is 1.35. The fraction of sp³-hybridized carbons (Fsp3) is 0.188. The van der Waals surface area contributed by atoms with Crippen molar-refractivity contribution in [2.75, 3.05) is 6.54 Å². The Balaban J connectivity index is 2.00. The van der Waals surface area contributed by atoms with E-state index in [2.05, 4.69) is 10.3 Å². The van der Waals surface area contributed by atoms with E-state index in [4.69, 9.17) is 16.6 Å². The van der Waals surface area contributed by atoms with Gasteiger partial charge >= 0.3 is 5.97 Å². The zero-order chi connectivity index (χ0) is 17.5. The molecule has 7 nitrogen and oxygen atoms in total. The highest BCUT2D eigenvalue weighted by Gasteiger charge is 2.10. The van der Waals surface area contributed by atoms with Gasteiger partial charge in [-0.3, -0.25) is 9.59 Å². The Hall–Kier alpha value is -2.87. The summed E-state index contributed by atoms with van der Waals surface area (Å²) in [4.78, 5) is 27.8. The number of nitrogens with one attached hydrogen (secondary N) is 1. The largest absolute Gasteiger partial charge is 0.481 e. The van der Waals surface area contributed by atoms with E-state index in [9.17, 15) is 9.59 Å². The van der Waals surface area contributed by atoms with E-state index in [1.807, 2.05) is 30.3 Å². The maximum absolute atomic E-state index is 11.9. The summed E-state index contributed by atoms with van der Waals surface area (Å²) in [7, 11) is 0. The molecule has 0 fully saturated rings. The van der Waals surface area contributed by atoms with E-state index in [0.717, 1.165) is 16.0 Å². The van der Waals surface area contributed by atoms with Crippen LogP contribution in [0.5, 0.6) is 0 Å². The van der Waals surface area contributed by atoms with Crippen molar-refractivity contribution in [3.8, 4) is 10.4 Å². The minimum Gasteiger partial charge on any atom is -0.481 e. The van der Waals surface area contributed by atoms with Crippen molar-refractivity contribution in [3.63, 3.8) is 0 Å². The van der Waals surface area contributed by atoms with Crippen LogP contribution in [-0.2, 0) is 11.3 Å². The number of carbonyl (C=O) groups excluding carboxylic acids is 1. The second-order valence-electron chi connectivity index (χ2n) is 5.00. The molecule has 0 spiro atoms. The molecule has 0 saturated heterocycles. The molecular weight excluding hydrogens is 328 g/mol. The van der Waals surface area contributed by atoms with Crippen molar-refractivity contribution >= 4 is 29.2 Å². The highest BCUT2D eigenvalue weighted by molar-refractivity contribution is 7.17. The Bertz CT molecular complexity index is 749. The van der Waals surface area contributed by atoms with E-state index in [1.54, 1.807) is 6.07 Å². The highest BCUT2D eigenvalue weighted by Crippen LogP contribution is 2.28. The number of carbonyl (C=O) groups is 2. The third-order valence-electron chi connectivity index (χ3n) is 3.14. The van der Waals surface area contributed by atoms with E-state index < -0.39 is 5.97 Å². The molecule has 0 saturated carbocycles. The third-order valence-corrected chi connectivity index (χ3v) is 4.27. The highest BCUT2D eigenvalue weighted by atomic mass is 32.1. The maximum atomic E-state index is 11.9. The van der Waals surface area contributed by atoms with Crippen molar-refractivity contribution in [1.82, 2.24) is 5.32 Å². The van der Waals surface area contributed by atoms with Crippen LogP contribution in [0, 0.1) is 0 Å². The summed E-state index contributed by atoms with van der Waals surface area (Å²) in [6.07, 6.45) is -0.0960. The van der Waals surface area contributed by atoms with Gasteiger partial charge in [0.1, 0.15) is 0 Å². The first-order chi connectivity index (χ1) is 11.5. The lowest BCUT2D eigenvalue weighted by atomic mass is 10.1. The first kappa shape index (κ1) is 17.5. The number of carboxylic acids is 1. The summed E-state index contributed by atoms with van der Waals surface area (Å²) in [6, 6.07) is 11.3. The van der Waals surface area contributed by atoms with Gasteiger partial charge in [0.15, 0.2) is 5.96 Å². The molecule has 24 heavy (non-hydrogen) atoms. The maximum Gasteiger partial charge on any atom is 0.305 e. The average Bonchev–Trinajstić information content (AvgIpc) is 3.03. The first-order valence-corrected chi connectivity index (χ1v) is 8.02. The molecule has 8 heteroatoms. The minimum atomic E-state index is -0.942. The van der Waals surface area contributed by atoms with E-state index in [0.29, 0.717) is 11.4 Å². The summed E-state index contributed by atoms with van der Waals surface area (Å²) < 4.78 is 0. The van der Waals surface area contributed by atoms with Crippen LogP contribution in [0.1, 0.15) is 21.7 Å². The smallest absolute Gasteiger partial charge is 0.305 e. The second-order valence-corrected chi connectivity index (χ2v) is 6.09. The van der Waals surface area contributed by atoms with E-state index >= 15 is 0 Å². The number of thiophene rings is 1. The quantitative estimate of drug-likeness (QED) is 0.444. The lowest BCUT2D eigenvalue weighted by Gasteiger charge is -2.01. The summed E-state index contributed by atoms with van der Waals surface area (Å²) in [5.74, 6) is -1.16. The van der Waals surface area contributed by atoms with Crippen LogP contribution in [0.3, 0.4) is 0 Å². The predicted molar refractivity (Wildman–Crippen MR) is 93.9 cm³/mol. The van der Waals surface area contributed by atoms with Crippen LogP contribution >= 0.6 is 11.3 Å². The Morgan fingerprint density at radius 2 is 1.83 bits per heavy atom. The molecule has 0 unspecified atom stereocenters. The molecule has 1 amide bonds. The number of nitrogens with two attached hydrogens (primary N) is 2. The Morgan fingerprint density at radius 1 is 1.12 bits per heavy atom. The Kier molecular flexibility index (Phi) is 5.91. The molecular formula is C16H18N4O3S. The monoisotopic (exact) mass is 346 g/mol. The number of aliphatic imine (C=N–C) groups is 1. The minimum absolute atomic E-state index is 0.0517. The molecule has 2 aromatic rings. The van der Waals surface area contributed by atoms with Crippen LogP contribution in [-0.4, -0.2) is 29.5 Å². The molecule has 1 aromatic heterocycles. The number of carboxylic acid groups (broad SMARTS) is 1. The van der Waals surface area contributed by atoms with E-state index in [1.165, 1.54) is 11.3 Å². The molecule has 0 aliphatic heterocycles. The van der Waals surface area contributed by atoms with Crippen molar-refractivity contribution in [1.29, 1.82) is 0 Å². The molecule has 6 N–H and O–H groups in total. The zero-order valence-corrected chi connectivity index (χ0v) is 13.7. The number of rotatable bonds is 7. The van der Waals surface area contributed by atoms with Crippen LogP contribution in [0.25, 0.3) is 10.4 Å². The molecule has 1 aromatic carbocycles. The van der Waals surface area contributed by atoms with Gasteiger partial charge in [-0.2, -0.15) is 0 Å². The number of benzene rings is 1. The fourth-order valence-corrected chi connectivity index (χ4v) is 2.87. The van der Waals surface area contributed by atoms with Crippen molar-refractivity contribution < 1.29 is 14.7 Å². The fourth-order valence-electron chi connectivity index (χ4n) is 1.94. The van der Waals surface area contributed by atoms with Gasteiger partial charge in [0.05, 0.1) is 17.8 Å². The van der Waals surface area contributed by atoms with Crippen LogP contribution < -0.4 is 16.8 Å². The van der Waals surface area contributed by atoms with Crippen molar-refractivity contribution in [2.45, 2.75) is 13.0 Å². The normalized spacial score (nSPS) is 10.2. The van der Waals surface area contributed by atoms with Crippen LogP contribution in [0.4, 0.5) is 0 Å². The molecule has 0 aliphatic rings. The van der Waals surface area contributed by atoms with Gasteiger partial charge < -0.3 is 21.9 Å². The lowest BCUT2D eigenvalue weighted by molar-refractivity contribution is -0.136. The third kappa shape index (κ3) is 5.10. The number of hydrogen-bond acceptors (Lipinski definition) is 4. The molecule has 0 radical (unpaired) electrons. The van der Waals surface area contributed by atoms with Gasteiger partial charge in [0, 0.05) is 11.4 Å². The zero-order valence-electron chi connectivity index (χ0n) is 12.9. The molecule has 0 aliphatic carbocycles. The number of amides is 1. The number of aliphatic carboxylic acids is 1.